The Bertz CT molecular complexity index is 1040. The number of carbonyl (C=O) groups excluding carboxylic acids is 2. The second kappa shape index (κ2) is 8.60. The third kappa shape index (κ3) is 4.22. The minimum absolute atomic E-state index is 0.123. The second-order valence-corrected chi connectivity index (χ2v) is 5.94. The average Bonchev–Trinajstić information content (AvgIpc) is 2.75. The Labute approximate surface area is 163 Å². The number of anilines is 2. The van der Waals surface area contributed by atoms with Crippen LogP contribution in [0.5, 0.6) is 0 Å². The summed E-state index contributed by atoms with van der Waals surface area (Å²) in [6, 6.07) is 22.6. The third-order valence-electron chi connectivity index (χ3n) is 4.08. The number of carbonyl (C=O) groups is 2. The first-order valence-electron chi connectivity index (χ1n) is 8.78. The topological polar surface area (TPSA) is 86.1 Å². The van der Waals surface area contributed by atoms with Crippen molar-refractivity contribution in [3.63, 3.8) is 0 Å². The number of nitrogens with zero attached hydrogens (tertiary/aromatic N) is 3. The van der Waals surface area contributed by atoms with Gasteiger partial charge in [-0.15, -0.1) is 0 Å². The molecular weight excluding hydrogens is 352 g/mol. The van der Waals surface area contributed by atoms with Gasteiger partial charge < -0.3 is 10.2 Å². The quantitative estimate of drug-likeness (QED) is 0.739. The van der Waals surface area contributed by atoms with Crippen molar-refractivity contribution in [2.45, 2.75) is 6.92 Å². The molecule has 0 bridgehead atoms. The van der Waals surface area contributed by atoms with Gasteiger partial charge in [-0.2, -0.15) is 5.26 Å². The minimum atomic E-state index is -0.451. The number of para-hydroxylation sites is 1. The van der Waals surface area contributed by atoms with Crippen LogP contribution < -0.4 is 10.2 Å². The van der Waals surface area contributed by atoms with Crippen LogP contribution in [0.3, 0.4) is 0 Å². The van der Waals surface area contributed by atoms with Crippen LogP contribution in [0.15, 0.2) is 72.8 Å². The Kier molecular flexibility index (Phi) is 5.78. The first kappa shape index (κ1) is 18.8. The summed E-state index contributed by atoms with van der Waals surface area (Å²) in [4.78, 5) is 31.2. The van der Waals surface area contributed by atoms with Gasteiger partial charge in [0.05, 0.1) is 11.6 Å². The van der Waals surface area contributed by atoms with Gasteiger partial charge in [0, 0.05) is 17.9 Å². The Balaban J connectivity index is 1.82. The number of pyridine rings is 1. The summed E-state index contributed by atoms with van der Waals surface area (Å²) in [5, 5.41) is 11.7. The summed E-state index contributed by atoms with van der Waals surface area (Å²) in [6.07, 6.45) is 0. The molecule has 28 heavy (non-hydrogen) atoms. The van der Waals surface area contributed by atoms with E-state index in [0.29, 0.717) is 17.8 Å². The number of aromatic nitrogens is 1. The van der Waals surface area contributed by atoms with Gasteiger partial charge in [-0.1, -0.05) is 30.3 Å². The molecule has 2 amide bonds. The van der Waals surface area contributed by atoms with E-state index in [1.807, 2.05) is 43.3 Å². The molecular formula is C22H18N4O2. The second-order valence-electron chi connectivity index (χ2n) is 5.94. The highest BCUT2D eigenvalue weighted by atomic mass is 16.2. The molecule has 1 heterocycles. The highest BCUT2D eigenvalue weighted by Gasteiger charge is 2.19. The molecule has 0 saturated heterocycles. The molecule has 0 unspecified atom stereocenters. The van der Waals surface area contributed by atoms with Gasteiger partial charge in [-0.05, 0) is 49.4 Å². The number of benzene rings is 2. The molecule has 2 aromatic carbocycles. The number of hydrogen-bond donors (Lipinski definition) is 1. The maximum atomic E-state index is 12.9. The largest absolute Gasteiger partial charge is 0.321 e. The molecule has 1 N–H and O–H groups in total. The zero-order valence-electron chi connectivity index (χ0n) is 15.3. The molecule has 138 valence electrons. The lowest BCUT2D eigenvalue weighted by molar-refractivity contribution is 0.0983. The summed E-state index contributed by atoms with van der Waals surface area (Å²) >= 11 is 0. The molecule has 0 aliphatic heterocycles. The average molecular weight is 370 g/mol. The minimum Gasteiger partial charge on any atom is -0.321 e. The molecule has 0 saturated carbocycles. The Morgan fingerprint density at radius 3 is 2.43 bits per heavy atom. The fourth-order valence-corrected chi connectivity index (χ4v) is 2.73. The first-order chi connectivity index (χ1) is 13.6. The molecule has 0 fully saturated rings. The van der Waals surface area contributed by atoms with Crippen LogP contribution in [-0.2, 0) is 0 Å². The van der Waals surface area contributed by atoms with Gasteiger partial charge in [0.15, 0.2) is 0 Å². The summed E-state index contributed by atoms with van der Waals surface area (Å²) in [7, 11) is 0. The van der Waals surface area contributed by atoms with E-state index < -0.39 is 5.91 Å². The lowest BCUT2D eigenvalue weighted by Gasteiger charge is -2.20. The number of rotatable bonds is 5. The van der Waals surface area contributed by atoms with Crippen molar-refractivity contribution in [3.05, 3.63) is 89.7 Å². The molecule has 3 rings (SSSR count). The van der Waals surface area contributed by atoms with Crippen molar-refractivity contribution in [3.8, 4) is 6.07 Å². The van der Waals surface area contributed by atoms with E-state index in [1.54, 1.807) is 47.4 Å². The maximum Gasteiger partial charge on any atom is 0.276 e. The van der Waals surface area contributed by atoms with Crippen LogP contribution in [0.25, 0.3) is 0 Å². The van der Waals surface area contributed by atoms with Crippen molar-refractivity contribution in [2.75, 3.05) is 16.8 Å². The van der Waals surface area contributed by atoms with Crippen LogP contribution in [0.1, 0.15) is 33.5 Å². The van der Waals surface area contributed by atoms with Gasteiger partial charge in [0.2, 0.25) is 0 Å². The monoisotopic (exact) mass is 370 g/mol. The zero-order chi connectivity index (χ0) is 19.9. The Morgan fingerprint density at radius 2 is 1.71 bits per heavy atom. The fraction of sp³-hybridized carbons (Fsp3) is 0.0909. The van der Waals surface area contributed by atoms with Gasteiger partial charge in [-0.3, -0.25) is 9.59 Å². The molecule has 6 nitrogen and oxygen atoms in total. The predicted octanol–water partition coefficient (Wildman–Crippen LogP) is 3.87. The van der Waals surface area contributed by atoms with Gasteiger partial charge in [0.1, 0.15) is 11.4 Å². The third-order valence-corrected chi connectivity index (χ3v) is 4.08. The van der Waals surface area contributed by atoms with Crippen molar-refractivity contribution >= 4 is 23.2 Å². The lowest BCUT2D eigenvalue weighted by Crippen LogP contribution is -2.31. The van der Waals surface area contributed by atoms with Crippen LogP contribution in [0, 0.1) is 11.3 Å². The number of hydrogen-bond acceptors (Lipinski definition) is 4. The van der Waals surface area contributed by atoms with Crippen molar-refractivity contribution in [2.24, 2.45) is 0 Å². The Hall–Kier alpha value is -3.98. The number of nitrogens with one attached hydrogen (secondary N) is 1. The molecule has 6 heteroatoms. The summed E-state index contributed by atoms with van der Waals surface area (Å²) in [6.45, 7) is 2.35. The van der Waals surface area contributed by atoms with Crippen LogP contribution in [-0.4, -0.2) is 23.3 Å². The molecule has 0 atom stereocenters. The fourth-order valence-electron chi connectivity index (χ4n) is 2.73. The van der Waals surface area contributed by atoms with Crippen LogP contribution in [0.2, 0.25) is 0 Å². The summed E-state index contributed by atoms with van der Waals surface area (Å²) < 4.78 is 0. The summed E-state index contributed by atoms with van der Waals surface area (Å²) in [5.41, 5.74) is 2.00. The lowest BCUT2D eigenvalue weighted by atomic mass is 10.2. The number of nitriles is 1. The van der Waals surface area contributed by atoms with Crippen molar-refractivity contribution in [1.82, 2.24) is 4.98 Å². The van der Waals surface area contributed by atoms with E-state index >= 15 is 0 Å². The molecule has 3 aromatic rings. The van der Waals surface area contributed by atoms with Gasteiger partial charge in [0.25, 0.3) is 11.8 Å². The standard InChI is InChI=1S/C22H18N4O2/c1-2-26(18-10-4-3-5-11-18)22(28)20-13-7-12-19(25-20)21(27)24-17-9-6-8-16(14-17)15-23/h3-14H,2H2,1H3,(H,24,27). The van der Waals surface area contributed by atoms with E-state index in [4.69, 9.17) is 5.26 Å². The van der Waals surface area contributed by atoms with Gasteiger partial charge >= 0.3 is 0 Å². The van der Waals surface area contributed by atoms with E-state index in [2.05, 4.69) is 10.3 Å². The summed E-state index contributed by atoms with van der Waals surface area (Å²) in [5.74, 6) is -0.734. The van der Waals surface area contributed by atoms with Crippen molar-refractivity contribution in [1.29, 1.82) is 5.26 Å². The smallest absolute Gasteiger partial charge is 0.276 e. The SMILES string of the molecule is CCN(C(=O)c1cccc(C(=O)Nc2cccc(C#N)c2)n1)c1ccccc1. The molecule has 1 aromatic heterocycles. The highest BCUT2D eigenvalue weighted by Crippen LogP contribution is 2.16. The van der Waals surface area contributed by atoms with Crippen LogP contribution >= 0.6 is 0 Å². The van der Waals surface area contributed by atoms with E-state index in [0.717, 1.165) is 5.69 Å². The normalized spacial score (nSPS) is 10.0. The first-order valence-corrected chi connectivity index (χ1v) is 8.78. The van der Waals surface area contributed by atoms with Crippen molar-refractivity contribution < 1.29 is 9.59 Å². The maximum absolute atomic E-state index is 12.9. The van der Waals surface area contributed by atoms with E-state index in [1.165, 1.54) is 0 Å². The van der Waals surface area contributed by atoms with Gasteiger partial charge in [-0.25, -0.2) is 4.98 Å². The van der Waals surface area contributed by atoms with E-state index in [-0.39, 0.29) is 17.3 Å². The highest BCUT2D eigenvalue weighted by molar-refractivity contribution is 6.07. The molecule has 0 aliphatic carbocycles. The molecule has 0 spiro atoms. The van der Waals surface area contributed by atoms with E-state index in [9.17, 15) is 9.59 Å². The molecule has 0 aliphatic rings. The van der Waals surface area contributed by atoms with Crippen LogP contribution in [0.4, 0.5) is 11.4 Å². The molecule has 0 radical (unpaired) electrons. The Morgan fingerprint density at radius 1 is 1.00 bits per heavy atom. The number of amides is 2. The zero-order valence-corrected chi connectivity index (χ0v) is 15.3. The predicted molar refractivity (Wildman–Crippen MR) is 107 cm³/mol.